The maximum absolute atomic E-state index is 12.4. The summed E-state index contributed by atoms with van der Waals surface area (Å²) in [5.41, 5.74) is 5.96. The van der Waals surface area contributed by atoms with Gasteiger partial charge >= 0.3 is 0 Å². The molecule has 110 valence electrons. The first kappa shape index (κ1) is 13.6. The van der Waals surface area contributed by atoms with E-state index in [4.69, 9.17) is 5.73 Å². The van der Waals surface area contributed by atoms with Crippen LogP contribution in [0.4, 0.5) is 10.9 Å². The SMILES string of the molecule is CN1CCN(c2nc(N)c(C(=O)N3CCCC3)s2)CC1. The third-order valence-electron chi connectivity index (χ3n) is 4.00. The van der Waals surface area contributed by atoms with Gasteiger partial charge in [0.15, 0.2) is 5.13 Å². The molecule has 0 radical (unpaired) electrons. The van der Waals surface area contributed by atoms with Gasteiger partial charge in [-0.25, -0.2) is 4.98 Å². The molecule has 0 saturated carbocycles. The highest BCUT2D eigenvalue weighted by molar-refractivity contribution is 7.18. The van der Waals surface area contributed by atoms with Crippen molar-refractivity contribution >= 4 is 28.2 Å². The van der Waals surface area contributed by atoms with Gasteiger partial charge in [0.25, 0.3) is 5.91 Å². The average molecular weight is 295 g/mol. The van der Waals surface area contributed by atoms with Crippen LogP contribution in [0.3, 0.4) is 0 Å². The molecule has 1 amide bonds. The van der Waals surface area contributed by atoms with Crippen LogP contribution >= 0.6 is 11.3 Å². The smallest absolute Gasteiger partial charge is 0.267 e. The summed E-state index contributed by atoms with van der Waals surface area (Å²) in [5, 5.41) is 0.887. The molecule has 0 spiro atoms. The fourth-order valence-electron chi connectivity index (χ4n) is 2.67. The molecule has 6 nitrogen and oxygen atoms in total. The number of carbonyl (C=O) groups excluding carboxylic acids is 1. The van der Waals surface area contributed by atoms with Crippen LogP contribution < -0.4 is 10.6 Å². The van der Waals surface area contributed by atoms with Gasteiger partial charge in [-0.1, -0.05) is 11.3 Å². The van der Waals surface area contributed by atoms with Gasteiger partial charge in [-0.05, 0) is 19.9 Å². The Morgan fingerprint density at radius 2 is 1.80 bits per heavy atom. The molecule has 2 fully saturated rings. The third-order valence-corrected chi connectivity index (χ3v) is 5.12. The number of hydrogen-bond donors (Lipinski definition) is 1. The van der Waals surface area contributed by atoms with E-state index >= 15 is 0 Å². The Labute approximate surface area is 123 Å². The van der Waals surface area contributed by atoms with Crippen LogP contribution in [0.25, 0.3) is 0 Å². The summed E-state index contributed by atoms with van der Waals surface area (Å²) in [4.78, 5) is 23.8. The van der Waals surface area contributed by atoms with Crippen molar-refractivity contribution in [2.75, 3.05) is 56.9 Å². The first-order chi connectivity index (χ1) is 9.65. The number of nitrogens with zero attached hydrogens (tertiary/aromatic N) is 4. The van der Waals surface area contributed by atoms with E-state index in [-0.39, 0.29) is 5.91 Å². The van der Waals surface area contributed by atoms with Crippen LogP contribution in [-0.2, 0) is 0 Å². The number of nitrogens with two attached hydrogens (primary N) is 1. The highest BCUT2D eigenvalue weighted by atomic mass is 32.1. The minimum atomic E-state index is 0.0536. The number of anilines is 2. The van der Waals surface area contributed by atoms with E-state index in [1.807, 2.05) is 4.90 Å². The molecule has 1 aromatic heterocycles. The largest absolute Gasteiger partial charge is 0.382 e. The number of piperazine rings is 1. The van der Waals surface area contributed by atoms with Gasteiger partial charge in [0.2, 0.25) is 0 Å². The topological polar surface area (TPSA) is 65.7 Å². The maximum atomic E-state index is 12.4. The fourth-order valence-corrected chi connectivity index (χ4v) is 3.68. The summed E-state index contributed by atoms with van der Waals surface area (Å²) in [6.45, 7) is 5.63. The quantitative estimate of drug-likeness (QED) is 0.870. The van der Waals surface area contributed by atoms with E-state index in [2.05, 4.69) is 21.8 Å². The molecule has 3 rings (SSSR count). The normalized spacial score (nSPS) is 20.6. The Morgan fingerprint density at radius 1 is 1.15 bits per heavy atom. The maximum Gasteiger partial charge on any atom is 0.267 e. The lowest BCUT2D eigenvalue weighted by atomic mass is 10.3. The van der Waals surface area contributed by atoms with Gasteiger partial charge in [-0.2, -0.15) is 0 Å². The second-order valence-corrected chi connectivity index (χ2v) is 6.48. The zero-order valence-electron chi connectivity index (χ0n) is 11.8. The highest BCUT2D eigenvalue weighted by Gasteiger charge is 2.26. The molecule has 2 N–H and O–H groups in total. The van der Waals surface area contributed by atoms with Crippen molar-refractivity contribution in [1.82, 2.24) is 14.8 Å². The molecule has 2 aliphatic heterocycles. The number of hydrogen-bond acceptors (Lipinski definition) is 6. The third kappa shape index (κ3) is 2.60. The van der Waals surface area contributed by atoms with Crippen LogP contribution in [0.1, 0.15) is 22.5 Å². The fraction of sp³-hybridized carbons (Fsp3) is 0.692. The molecule has 0 unspecified atom stereocenters. The van der Waals surface area contributed by atoms with Crippen molar-refractivity contribution in [3.63, 3.8) is 0 Å². The lowest BCUT2D eigenvalue weighted by Gasteiger charge is -2.32. The number of aromatic nitrogens is 1. The van der Waals surface area contributed by atoms with E-state index in [0.29, 0.717) is 10.7 Å². The Hall–Kier alpha value is -1.34. The number of nitrogen functional groups attached to an aromatic ring is 1. The number of amides is 1. The number of likely N-dealkylation sites (tertiary alicyclic amines) is 1. The molecule has 20 heavy (non-hydrogen) atoms. The molecule has 0 aromatic carbocycles. The highest BCUT2D eigenvalue weighted by Crippen LogP contribution is 2.30. The van der Waals surface area contributed by atoms with Crippen LogP contribution in [-0.4, -0.2) is 67.0 Å². The number of carbonyl (C=O) groups is 1. The second-order valence-electron chi connectivity index (χ2n) is 5.50. The van der Waals surface area contributed by atoms with E-state index < -0.39 is 0 Å². The predicted molar refractivity (Wildman–Crippen MR) is 81.4 cm³/mol. The summed E-state index contributed by atoms with van der Waals surface area (Å²) in [6, 6.07) is 0. The van der Waals surface area contributed by atoms with Gasteiger partial charge in [-0.3, -0.25) is 4.79 Å². The van der Waals surface area contributed by atoms with Gasteiger partial charge in [0.1, 0.15) is 10.7 Å². The molecule has 0 bridgehead atoms. The van der Waals surface area contributed by atoms with Crippen molar-refractivity contribution in [2.45, 2.75) is 12.8 Å². The van der Waals surface area contributed by atoms with Crippen molar-refractivity contribution in [2.24, 2.45) is 0 Å². The van der Waals surface area contributed by atoms with E-state index in [1.54, 1.807) is 0 Å². The standard InChI is InChI=1S/C13H21N5OS/c1-16-6-8-18(9-7-16)13-15-11(14)10(20-13)12(19)17-4-2-3-5-17/h2-9,14H2,1H3. The van der Waals surface area contributed by atoms with Crippen LogP contribution in [0.15, 0.2) is 0 Å². The number of rotatable bonds is 2. The number of likely N-dealkylation sites (N-methyl/N-ethyl adjacent to an activating group) is 1. The van der Waals surface area contributed by atoms with Gasteiger partial charge < -0.3 is 20.4 Å². The predicted octanol–water partition coefficient (Wildman–Crippen LogP) is 0.713. The Balaban J connectivity index is 1.75. The summed E-state index contributed by atoms with van der Waals surface area (Å²) in [5.74, 6) is 0.443. The minimum absolute atomic E-state index is 0.0536. The number of thiazole rings is 1. The first-order valence-corrected chi connectivity index (χ1v) is 7.96. The molecule has 2 saturated heterocycles. The first-order valence-electron chi connectivity index (χ1n) is 7.14. The Bertz CT molecular complexity index is 489. The summed E-state index contributed by atoms with van der Waals surface area (Å²) < 4.78 is 0. The van der Waals surface area contributed by atoms with Crippen molar-refractivity contribution in [3.05, 3.63) is 4.88 Å². The lowest BCUT2D eigenvalue weighted by molar-refractivity contribution is 0.0798. The van der Waals surface area contributed by atoms with Gasteiger partial charge in [-0.15, -0.1) is 0 Å². The molecule has 0 aliphatic carbocycles. The second kappa shape index (κ2) is 5.57. The zero-order chi connectivity index (χ0) is 14.1. The van der Waals surface area contributed by atoms with E-state index in [9.17, 15) is 4.79 Å². The summed E-state index contributed by atoms with van der Waals surface area (Å²) in [6.07, 6.45) is 2.19. The molecule has 0 atom stereocenters. The lowest BCUT2D eigenvalue weighted by Crippen LogP contribution is -2.44. The summed E-state index contributed by atoms with van der Waals surface area (Å²) >= 11 is 1.44. The minimum Gasteiger partial charge on any atom is -0.382 e. The van der Waals surface area contributed by atoms with Gasteiger partial charge in [0.05, 0.1) is 0 Å². The van der Waals surface area contributed by atoms with E-state index in [0.717, 1.165) is 57.2 Å². The molecule has 3 heterocycles. The van der Waals surface area contributed by atoms with Crippen LogP contribution in [0.2, 0.25) is 0 Å². The molecule has 1 aromatic rings. The Morgan fingerprint density at radius 3 is 2.45 bits per heavy atom. The Kier molecular flexibility index (Phi) is 3.80. The van der Waals surface area contributed by atoms with Crippen LogP contribution in [0, 0.1) is 0 Å². The van der Waals surface area contributed by atoms with Gasteiger partial charge in [0, 0.05) is 39.3 Å². The zero-order valence-corrected chi connectivity index (χ0v) is 12.7. The van der Waals surface area contributed by atoms with Crippen molar-refractivity contribution < 1.29 is 4.79 Å². The molecule has 2 aliphatic rings. The molecule has 7 heteroatoms. The average Bonchev–Trinajstić information content (AvgIpc) is 3.08. The van der Waals surface area contributed by atoms with Crippen LogP contribution in [0.5, 0.6) is 0 Å². The molecular formula is C13H21N5OS. The van der Waals surface area contributed by atoms with Crippen molar-refractivity contribution in [1.29, 1.82) is 0 Å². The monoisotopic (exact) mass is 295 g/mol. The van der Waals surface area contributed by atoms with E-state index in [1.165, 1.54) is 11.3 Å². The summed E-state index contributed by atoms with van der Waals surface area (Å²) in [7, 11) is 2.12. The van der Waals surface area contributed by atoms with Crippen molar-refractivity contribution in [3.8, 4) is 0 Å². The molecular weight excluding hydrogens is 274 g/mol.